The summed E-state index contributed by atoms with van der Waals surface area (Å²) in [5.74, 6) is 1.01. The lowest BCUT2D eigenvalue weighted by atomic mass is 10.2. The molecule has 2 heterocycles. The molecule has 0 radical (unpaired) electrons. The van der Waals surface area contributed by atoms with Crippen molar-refractivity contribution in [1.82, 2.24) is 15.3 Å². The standard InChI is InChI=1S/C14H18N4OS/c1-9(2)7-15-13(19)11-8-20-14(17-11)18-12-6-4-5-10(3)16-12/h4-6,8-9H,7H2,1-3H3,(H,15,19)(H,16,17,18). The minimum atomic E-state index is -0.139. The van der Waals surface area contributed by atoms with Crippen LogP contribution in [0.1, 0.15) is 30.0 Å². The van der Waals surface area contributed by atoms with Gasteiger partial charge in [0.2, 0.25) is 0 Å². The van der Waals surface area contributed by atoms with Crippen LogP contribution in [0.4, 0.5) is 10.9 Å². The van der Waals surface area contributed by atoms with Crippen LogP contribution < -0.4 is 10.6 Å². The van der Waals surface area contributed by atoms with Crippen molar-refractivity contribution in [2.24, 2.45) is 5.92 Å². The quantitative estimate of drug-likeness (QED) is 0.888. The number of thiazole rings is 1. The molecular formula is C14H18N4OS. The van der Waals surface area contributed by atoms with E-state index in [0.717, 1.165) is 11.5 Å². The average molecular weight is 290 g/mol. The molecule has 20 heavy (non-hydrogen) atoms. The van der Waals surface area contributed by atoms with E-state index in [-0.39, 0.29) is 5.91 Å². The second kappa shape index (κ2) is 6.47. The van der Waals surface area contributed by atoms with Crippen LogP contribution in [0.25, 0.3) is 0 Å². The molecule has 0 saturated heterocycles. The molecule has 106 valence electrons. The van der Waals surface area contributed by atoms with Crippen LogP contribution >= 0.6 is 11.3 Å². The smallest absolute Gasteiger partial charge is 0.270 e. The third-order valence-electron chi connectivity index (χ3n) is 2.53. The van der Waals surface area contributed by atoms with Crippen molar-refractivity contribution in [1.29, 1.82) is 0 Å². The SMILES string of the molecule is Cc1cccc(Nc2nc(C(=O)NCC(C)C)cs2)n1. The van der Waals surface area contributed by atoms with Crippen molar-refractivity contribution in [3.63, 3.8) is 0 Å². The number of nitrogens with one attached hydrogen (secondary N) is 2. The van der Waals surface area contributed by atoms with E-state index in [1.807, 2.05) is 25.1 Å². The summed E-state index contributed by atoms with van der Waals surface area (Å²) in [6.45, 7) is 6.69. The van der Waals surface area contributed by atoms with Crippen molar-refractivity contribution in [2.75, 3.05) is 11.9 Å². The maximum Gasteiger partial charge on any atom is 0.270 e. The third-order valence-corrected chi connectivity index (χ3v) is 3.29. The van der Waals surface area contributed by atoms with Gasteiger partial charge in [0.05, 0.1) is 0 Å². The van der Waals surface area contributed by atoms with E-state index in [0.29, 0.717) is 23.3 Å². The van der Waals surface area contributed by atoms with Crippen LogP contribution in [0.5, 0.6) is 0 Å². The number of pyridine rings is 1. The van der Waals surface area contributed by atoms with E-state index in [1.54, 1.807) is 5.38 Å². The van der Waals surface area contributed by atoms with Gasteiger partial charge in [-0.15, -0.1) is 11.3 Å². The predicted octanol–water partition coefficient (Wildman–Crippen LogP) is 2.98. The Hall–Kier alpha value is -1.95. The van der Waals surface area contributed by atoms with Gasteiger partial charge >= 0.3 is 0 Å². The van der Waals surface area contributed by atoms with E-state index in [9.17, 15) is 4.79 Å². The molecule has 0 aliphatic heterocycles. The maximum absolute atomic E-state index is 11.9. The molecule has 0 atom stereocenters. The minimum absolute atomic E-state index is 0.139. The summed E-state index contributed by atoms with van der Waals surface area (Å²) in [4.78, 5) is 20.5. The highest BCUT2D eigenvalue weighted by atomic mass is 32.1. The van der Waals surface area contributed by atoms with Gasteiger partial charge in [0.25, 0.3) is 5.91 Å². The Labute approximate surface area is 122 Å². The van der Waals surface area contributed by atoms with Gasteiger partial charge in [-0.05, 0) is 25.0 Å². The average Bonchev–Trinajstić information content (AvgIpc) is 2.84. The first-order chi connectivity index (χ1) is 9.54. The Morgan fingerprint density at radius 3 is 2.85 bits per heavy atom. The summed E-state index contributed by atoms with van der Waals surface area (Å²) in [7, 11) is 0. The lowest BCUT2D eigenvalue weighted by molar-refractivity contribution is 0.0945. The summed E-state index contributed by atoms with van der Waals surface area (Å²) < 4.78 is 0. The first kappa shape index (κ1) is 14.5. The van der Waals surface area contributed by atoms with Crippen LogP contribution in [-0.2, 0) is 0 Å². The topological polar surface area (TPSA) is 66.9 Å². The number of amides is 1. The first-order valence-electron chi connectivity index (χ1n) is 6.49. The van der Waals surface area contributed by atoms with Gasteiger partial charge in [0.1, 0.15) is 11.5 Å². The predicted molar refractivity (Wildman–Crippen MR) is 81.5 cm³/mol. The van der Waals surface area contributed by atoms with Gasteiger partial charge in [-0.1, -0.05) is 19.9 Å². The summed E-state index contributed by atoms with van der Waals surface area (Å²) in [6, 6.07) is 5.72. The lowest BCUT2D eigenvalue weighted by Gasteiger charge is -2.05. The Bertz CT molecular complexity index is 594. The summed E-state index contributed by atoms with van der Waals surface area (Å²) in [5.41, 5.74) is 1.37. The van der Waals surface area contributed by atoms with Gasteiger partial charge in [0, 0.05) is 17.6 Å². The zero-order chi connectivity index (χ0) is 14.5. The Kier molecular flexibility index (Phi) is 4.68. The zero-order valence-corrected chi connectivity index (χ0v) is 12.6. The maximum atomic E-state index is 11.9. The van der Waals surface area contributed by atoms with Crippen LogP contribution in [0.2, 0.25) is 0 Å². The van der Waals surface area contributed by atoms with E-state index in [2.05, 4.69) is 34.4 Å². The molecule has 0 aliphatic rings. The number of aryl methyl sites for hydroxylation is 1. The molecule has 0 spiro atoms. The van der Waals surface area contributed by atoms with Crippen LogP contribution in [-0.4, -0.2) is 22.4 Å². The molecule has 0 bridgehead atoms. The highest BCUT2D eigenvalue weighted by molar-refractivity contribution is 7.14. The van der Waals surface area contributed by atoms with Gasteiger partial charge < -0.3 is 10.6 Å². The number of anilines is 2. The molecule has 0 aliphatic carbocycles. The number of aromatic nitrogens is 2. The van der Waals surface area contributed by atoms with Crippen molar-refractivity contribution in [3.8, 4) is 0 Å². The molecule has 2 rings (SSSR count). The second-order valence-corrected chi connectivity index (χ2v) is 5.79. The Morgan fingerprint density at radius 1 is 1.35 bits per heavy atom. The van der Waals surface area contributed by atoms with Gasteiger partial charge in [-0.3, -0.25) is 4.79 Å². The molecule has 0 aromatic carbocycles. The van der Waals surface area contributed by atoms with Crippen LogP contribution in [0.3, 0.4) is 0 Å². The fourth-order valence-corrected chi connectivity index (χ4v) is 2.24. The highest BCUT2D eigenvalue weighted by Crippen LogP contribution is 2.19. The molecule has 2 N–H and O–H groups in total. The zero-order valence-electron chi connectivity index (χ0n) is 11.8. The van der Waals surface area contributed by atoms with Gasteiger partial charge in [-0.2, -0.15) is 0 Å². The number of carbonyl (C=O) groups is 1. The molecule has 6 heteroatoms. The molecular weight excluding hydrogens is 272 g/mol. The van der Waals surface area contributed by atoms with Crippen LogP contribution in [0, 0.1) is 12.8 Å². The third kappa shape index (κ3) is 4.03. The molecule has 0 saturated carbocycles. The number of carbonyl (C=O) groups excluding carboxylic acids is 1. The van der Waals surface area contributed by atoms with Gasteiger partial charge in [0.15, 0.2) is 5.13 Å². The first-order valence-corrected chi connectivity index (χ1v) is 7.37. The fourth-order valence-electron chi connectivity index (χ4n) is 1.55. The number of hydrogen-bond donors (Lipinski definition) is 2. The van der Waals surface area contributed by atoms with Crippen molar-refractivity contribution >= 4 is 28.2 Å². The van der Waals surface area contributed by atoms with Gasteiger partial charge in [-0.25, -0.2) is 9.97 Å². The Morgan fingerprint density at radius 2 is 2.15 bits per heavy atom. The van der Waals surface area contributed by atoms with Crippen molar-refractivity contribution < 1.29 is 4.79 Å². The Balaban J connectivity index is 2.00. The molecule has 0 unspecified atom stereocenters. The molecule has 1 amide bonds. The van der Waals surface area contributed by atoms with E-state index in [1.165, 1.54) is 11.3 Å². The summed E-state index contributed by atoms with van der Waals surface area (Å²) >= 11 is 1.39. The minimum Gasteiger partial charge on any atom is -0.350 e. The molecule has 2 aromatic heterocycles. The fraction of sp³-hybridized carbons (Fsp3) is 0.357. The molecule has 2 aromatic rings. The lowest BCUT2D eigenvalue weighted by Crippen LogP contribution is -2.27. The molecule has 0 fully saturated rings. The van der Waals surface area contributed by atoms with Crippen molar-refractivity contribution in [2.45, 2.75) is 20.8 Å². The monoisotopic (exact) mass is 290 g/mol. The van der Waals surface area contributed by atoms with Crippen molar-refractivity contribution in [3.05, 3.63) is 35.0 Å². The van der Waals surface area contributed by atoms with E-state index < -0.39 is 0 Å². The highest BCUT2D eigenvalue weighted by Gasteiger charge is 2.11. The number of rotatable bonds is 5. The number of nitrogens with zero attached hydrogens (tertiary/aromatic N) is 2. The number of hydrogen-bond acceptors (Lipinski definition) is 5. The normalized spacial score (nSPS) is 10.6. The summed E-state index contributed by atoms with van der Waals surface area (Å²) in [6.07, 6.45) is 0. The second-order valence-electron chi connectivity index (χ2n) is 4.93. The molecule has 5 nitrogen and oxygen atoms in total. The van der Waals surface area contributed by atoms with E-state index in [4.69, 9.17) is 0 Å². The summed E-state index contributed by atoms with van der Waals surface area (Å²) in [5, 5.41) is 8.36. The van der Waals surface area contributed by atoms with Crippen LogP contribution in [0.15, 0.2) is 23.6 Å². The largest absolute Gasteiger partial charge is 0.350 e. The van der Waals surface area contributed by atoms with E-state index >= 15 is 0 Å².